The maximum atomic E-state index is 13.1. The number of carbonyl (C=O) groups excluding carboxylic acids is 2. The van der Waals surface area contributed by atoms with Crippen LogP contribution in [0.25, 0.3) is 0 Å². The van der Waals surface area contributed by atoms with Crippen molar-refractivity contribution < 1.29 is 23.5 Å². The molecule has 1 heterocycles. The largest absolute Gasteiger partial charge is 0.467 e. The van der Waals surface area contributed by atoms with E-state index in [9.17, 15) is 9.59 Å². The SMILES string of the molecule is COC(=O)C1(C)CC(O[Si](c2ccccc2)(c2ccccc2)C(C)(C)C)CCN1C(=O)OC(C)(C)C. The quantitative estimate of drug-likeness (QED) is 0.422. The molecule has 1 aliphatic rings. The number of benzene rings is 2. The molecule has 0 aliphatic carbocycles. The summed E-state index contributed by atoms with van der Waals surface area (Å²) in [4.78, 5) is 27.7. The summed E-state index contributed by atoms with van der Waals surface area (Å²) in [6.07, 6.45) is 0.151. The van der Waals surface area contributed by atoms with Gasteiger partial charge in [0.1, 0.15) is 11.1 Å². The summed E-state index contributed by atoms with van der Waals surface area (Å²) < 4.78 is 18.1. The lowest BCUT2D eigenvalue weighted by molar-refractivity contribution is -0.158. The Bertz CT molecular complexity index is 1010. The molecule has 1 aliphatic heterocycles. The molecule has 1 saturated heterocycles. The van der Waals surface area contributed by atoms with E-state index in [0.717, 1.165) is 0 Å². The smallest absolute Gasteiger partial charge is 0.411 e. The molecule has 1 amide bonds. The lowest BCUT2D eigenvalue weighted by atomic mass is 9.87. The van der Waals surface area contributed by atoms with Crippen molar-refractivity contribution in [3.8, 4) is 0 Å². The number of amides is 1. The van der Waals surface area contributed by atoms with Crippen molar-refractivity contribution in [1.29, 1.82) is 0 Å². The fourth-order valence-electron chi connectivity index (χ4n) is 5.24. The van der Waals surface area contributed by atoms with Gasteiger partial charge in [0.25, 0.3) is 8.32 Å². The number of piperidine rings is 1. The fraction of sp³-hybridized carbons (Fsp3) is 0.517. The van der Waals surface area contributed by atoms with Crippen LogP contribution in [-0.2, 0) is 18.7 Å². The van der Waals surface area contributed by atoms with Gasteiger partial charge in [-0.15, -0.1) is 0 Å². The first-order chi connectivity index (χ1) is 16.7. The molecule has 2 aromatic rings. The van der Waals surface area contributed by atoms with Gasteiger partial charge >= 0.3 is 12.1 Å². The average molecular weight is 512 g/mol. The number of carbonyl (C=O) groups is 2. The van der Waals surface area contributed by atoms with Crippen LogP contribution in [0.2, 0.25) is 5.04 Å². The van der Waals surface area contributed by atoms with E-state index in [4.69, 9.17) is 13.9 Å². The molecule has 0 N–H and O–H groups in total. The predicted molar refractivity (Wildman–Crippen MR) is 145 cm³/mol. The van der Waals surface area contributed by atoms with Gasteiger partial charge in [-0.3, -0.25) is 4.90 Å². The monoisotopic (exact) mass is 511 g/mol. The van der Waals surface area contributed by atoms with Gasteiger partial charge in [0.05, 0.1) is 13.2 Å². The van der Waals surface area contributed by atoms with Crippen molar-refractivity contribution in [3.05, 3.63) is 60.7 Å². The molecule has 36 heavy (non-hydrogen) atoms. The Morgan fingerprint density at radius 1 is 0.917 bits per heavy atom. The van der Waals surface area contributed by atoms with E-state index >= 15 is 0 Å². The number of likely N-dealkylation sites (tertiary alicyclic amines) is 1. The van der Waals surface area contributed by atoms with E-state index < -0.39 is 31.5 Å². The number of ether oxygens (including phenoxy) is 2. The van der Waals surface area contributed by atoms with Crippen molar-refractivity contribution in [1.82, 2.24) is 4.90 Å². The summed E-state index contributed by atoms with van der Waals surface area (Å²) in [5.74, 6) is -0.468. The van der Waals surface area contributed by atoms with Gasteiger partial charge in [0.15, 0.2) is 0 Å². The molecule has 2 atom stereocenters. The van der Waals surface area contributed by atoms with Crippen LogP contribution in [0.1, 0.15) is 61.3 Å². The molecule has 2 unspecified atom stereocenters. The lowest BCUT2D eigenvalue weighted by Crippen LogP contribution is -2.69. The highest BCUT2D eigenvalue weighted by Crippen LogP contribution is 2.41. The van der Waals surface area contributed by atoms with Gasteiger partial charge in [0.2, 0.25) is 0 Å². The van der Waals surface area contributed by atoms with E-state index in [2.05, 4.69) is 69.3 Å². The summed E-state index contributed by atoms with van der Waals surface area (Å²) in [5.41, 5.74) is -1.87. The van der Waals surface area contributed by atoms with E-state index in [0.29, 0.717) is 19.4 Å². The van der Waals surface area contributed by atoms with Crippen LogP contribution >= 0.6 is 0 Å². The summed E-state index contributed by atoms with van der Waals surface area (Å²) in [6.45, 7) is 14.2. The topological polar surface area (TPSA) is 65.1 Å². The maximum Gasteiger partial charge on any atom is 0.411 e. The van der Waals surface area contributed by atoms with Crippen molar-refractivity contribution in [2.24, 2.45) is 0 Å². The molecule has 2 aromatic carbocycles. The van der Waals surface area contributed by atoms with Crippen LogP contribution in [-0.4, -0.2) is 56.2 Å². The third-order valence-corrected chi connectivity index (χ3v) is 12.0. The van der Waals surface area contributed by atoms with Crippen LogP contribution in [0, 0.1) is 0 Å². The zero-order chi connectivity index (χ0) is 26.8. The van der Waals surface area contributed by atoms with E-state index in [1.54, 1.807) is 6.92 Å². The molecular weight excluding hydrogens is 470 g/mol. The van der Waals surface area contributed by atoms with Crippen molar-refractivity contribution >= 4 is 30.8 Å². The minimum absolute atomic E-state index is 0.195. The first kappa shape index (κ1) is 27.9. The Balaban J connectivity index is 2.05. The Kier molecular flexibility index (Phi) is 8.06. The summed E-state index contributed by atoms with van der Waals surface area (Å²) in [6, 6.07) is 20.9. The number of methoxy groups -OCH3 is 1. The number of nitrogens with zero attached hydrogens (tertiary/aromatic N) is 1. The molecule has 0 radical (unpaired) electrons. The third-order valence-electron chi connectivity index (χ3n) is 6.89. The highest BCUT2D eigenvalue weighted by Gasteiger charge is 2.55. The molecule has 6 nitrogen and oxygen atoms in total. The summed E-state index contributed by atoms with van der Waals surface area (Å²) in [5, 5.41) is 2.16. The molecular formula is C29H41NO5Si. The molecule has 3 rings (SSSR count). The number of hydrogen-bond acceptors (Lipinski definition) is 5. The second-order valence-corrected chi connectivity index (χ2v) is 16.0. The zero-order valence-corrected chi connectivity index (χ0v) is 24.0. The molecule has 0 spiro atoms. The number of esters is 1. The van der Waals surface area contributed by atoms with Crippen LogP contribution in [0.15, 0.2) is 60.7 Å². The number of hydrogen-bond donors (Lipinski definition) is 0. The van der Waals surface area contributed by atoms with Crippen molar-refractivity contribution in [3.63, 3.8) is 0 Å². The first-order valence-electron chi connectivity index (χ1n) is 12.6. The predicted octanol–water partition coefficient (Wildman–Crippen LogP) is 4.89. The molecule has 196 valence electrons. The van der Waals surface area contributed by atoms with Gasteiger partial charge in [-0.05, 0) is 49.5 Å². The average Bonchev–Trinajstić information content (AvgIpc) is 2.81. The first-order valence-corrected chi connectivity index (χ1v) is 14.5. The second-order valence-electron chi connectivity index (χ2n) is 11.8. The van der Waals surface area contributed by atoms with Crippen LogP contribution < -0.4 is 10.4 Å². The van der Waals surface area contributed by atoms with Crippen LogP contribution in [0.3, 0.4) is 0 Å². The van der Waals surface area contributed by atoms with E-state index in [1.165, 1.54) is 22.4 Å². The summed E-state index contributed by atoms with van der Waals surface area (Å²) >= 11 is 0. The lowest BCUT2D eigenvalue weighted by Gasteiger charge is -2.50. The van der Waals surface area contributed by atoms with Crippen molar-refractivity contribution in [2.45, 2.75) is 83.6 Å². The van der Waals surface area contributed by atoms with Crippen LogP contribution in [0.4, 0.5) is 4.79 Å². The normalized spacial score (nSPS) is 21.1. The minimum atomic E-state index is -2.82. The zero-order valence-electron chi connectivity index (χ0n) is 23.0. The molecule has 0 bridgehead atoms. The van der Waals surface area contributed by atoms with Gasteiger partial charge < -0.3 is 13.9 Å². The van der Waals surface area contributed by atoms with Gasteiger partial charge in [-0.2, -0.15) is 0 Å². The van der Waals surface area contributed by atoms with E-state index in [1.807, 2.05) is 32.9 Å². The van der Waals surface area contributed by atoms with Crippen LogP contribution in [0.5, 0.6) is 0 Å². The Labute approximate surface area is 217 Å². The van der Waals surface area contributed by atoms with Gasteiger partial charge in [-0.25, -0.2) is 9.59 Å². The van der Waals surface area contributed by atoms with E-state index in [-0.39, 0.29) is 11.1 Å². The standard InChI is InChI=1S/C29H41NO5Si/c1-27(2,3)34-26(32)30-20-19-22(21-29(30,7)25(31)33-8)35-36(28(4,5)6,23-15-11-9-12-16-23)24-17-13-10-14-18-24/h9-18,22H,19-21H2,1-8H3. The maximum absolute atomic E-state index is 13.1. The molecule has 0 aromatic heterocycles. The van der Waals surface area contributed by atoms with Gasteiger partial charge in [0, 0.05) is 13.0 Å². The highest BCUT2D eigenvalue weighted by atomic mass is 28.4. The molecule has 0 saturated carbocycles. The fourth-order valence-corrected chi connectivity index (χ4v) is 9.96. The highest BCUT2D eigenvalue weighted by molar-refractivity contribution is 6.99. The minimum Gasteiger partial charge on any atom is -0.467 e. The summed E-state index contributed by atoms with van der Waals surface area (Å²) in [7, 11) is -1.46. The molecule has 7 heteroatoms. The number of rotatable bonds is 5. The molecule has 1 fully saturated rings. The Hall–Kier alpha value is -2.64. The van der Waals surface area contributed by atoms with Crippen molar-refractivity contribution in [2.75, 3.05) is 13.7 Å². The second kappa shape index (κ2) is 10.4. The van der Waals surface area contributed by atoms with Gasteiger partial charge in [-0.1, -0.05) is 81.4 Å². The third kappa shape index (κ3) is 5.52. The Morgan fingerprint density at radius 3 is 1.83 bits per heavy atom. The Morgan fingerprint density at radius 2 is 1.42 bits per heavy atom.